The maximum Gasteiger partial charge on any atom is 0.234 e. The molecule has 0 aliphatic carbocycles. The molecule has 0 unspecified atom stereocenters. The van der Waals surface area contributed by atoms with Crippen LogP contribution in [0.25, 0.3) is 0 Å². The first-order valence-electron chi connectivity index (χ1n) is 5.09. The van der Waals surface area contributed by atoms with Crippen molar-refractivity contribution in [2.24, 2.45) is 0 Å². The lowest BCUT2D eigenvalue weighted by molar-refractivity contribution is 0.108. The fourth-order valence-electron chi connectivity index (χ4n) is 1.11. The van der Waals surface area contributed by atoms with Crippen LogP contribution in [-0.2, 0) is 0 Å². The Labute approximate surface area is 111 Å². The Balaban J connectivity index is 3.12. The second-order valence-electron chi connectivity index (χ2n) is 3.52. The van der Waals surface area contributed by atoms with Crippen molar-refractivity contribution in [2.75, 3.05) is 0 Å². The van der Waals surface area contributed by atoms with Gasteiger partial charge in [-0.2, -0.15) is 0 Å². The molecule has 1 heterocycles. The number of rotatable bonds is 5. The van der Waals surface area contributed by atoms with Crippen molar-refractivity contribution in [2.45, 2.75) is 26.4 Å². The molecule has 0 saturated carbocycles. The Bertz CT molecular complexity index is 416. The topological polar surface area (TPSA) is 56.3 Å². The molecule has 92 valence electrons. The summed E-state index contributed by atoms with van der Waals surface area (Å²) >= 11 is 7.34. The fourth-order valence-corrected chi connectivity index (χ4v) is 1.34. The van der Waals surface area contributed by atoms with Crippen molar-refractivity contribution >= 4 is 35.5 Å². The van der Waals surface area contributed by atoms with Crippen molar-refractivity contribution in [1.29, 1.82) is 0 Å². The summed E-state index contributed by atoms with van der Waals surface area (Å²) in [5, 5.41) is -1.04. The predicted molar refractivity (Wildman–Crippen MR) is 71.3 cm³/mol. The van der Waals surface area contributed by atoms with Crippen molar-refractivity contribution in [1.82, 2.24) is 4.98 Å². The summed E-state index contributed by atoms with van der Waals surface area (Å²) < 4.78 is 5.53. The van der Waals surface area contributed by atoms with E-state index < -0.39 is 10.2 Å². The lowest BCUT2D eigenvalue weighted by Crippen LogP contribution is -2.11. The van der Waals surface area contributed by atoms with Crippen LogP contribution < -0.4 is 4.74 Å². The van der Waals surface area contributed by atoms with Gasteiger partial charge in [-0.1, -0.05) is 32.2 Å². The van der Waals surface area contributed by atoms with E-state index in [9.17, 15) is 9.59 Å². The molecule has 4 nitrogen and oxygen atoms in total. The zero-order chi connectivity index (χ0) is 13.0. The van der Waals surface area contributed by atoms with Gasteiger partial charge in [0.05, 0.1) is 6.10 Å². The average molecular weight is 271 g/mol. The van der Waals surface area contributed by atoms with Gasteiger partial charge in [0.15, 0.2) is 0 Å². The number of aromatic nitrogens is 1. The third kappa shape index (κ3) is 4.05. The maximum atomic E-state index is 11.1. The SMILES string of the molecule is CC[C@H](C)Oc1cc(C(=O)S)nc(C(=O)S)c1. The van der Waals surface area contributed by atoms with E-state index in [0.717, 1.165) is 6.42 Å². The van der Waals surface area contributed by atoms with Crippen molar-refractivity contribution in [3.05, 3.63) is 23.5 Å². The molecule has 0 N–H and O–H groups in total. The van der Waals surface area contributed by atoms with Gasteiger partial charge in [-0.25, -0.2) is 4.98 Å². The molecule has 0 fully saturated rings. The smallest absolute Gasteiger partial charge is 0.234 e. The molecular formula is C11H13NO3S2. The van der Waals surface area contributed by atoms with Crippen LogP contribution in [0.1, 0.15) is 41.2 Å². The maximum absolute atomic E-state index is 11.1. The molecule has 1 atom stereocenters. The molecule has 17 heavy (non-hydrogen) atoms. The number of carbonyl (C=O) groups is 2. The molecular weight excluding hydrogens is 258 g/mol. The molecule has 0 aliphatic rings. The van der Waals surface area contributed by atoms with Gasteiger partial charge in [0, 0.05) is 12.1 Å². The van der Waals surface area contributed by atoms with Crippen molar-refractivity contribution in [3.8, 4) is 5.75 Å². The number of carbonyl (C=O) groups excluding carboxylic acids is 2. The highest BCUT2D eigenvalue weighted by molar-refractivity contribution is 7.97. The van der Waals surface area contributed by atoms with E-state index >= 15 is 0 Å². The summed E-state index contributed by atoms with van der Waals surface area (Å²) in [6.45, 7) is 3.87. The summed E-state index contributed by atoms with van der Waals surface area (Å²) in [4.78, 5) is 26.1. The van der Waals surface area contributed by atoms with E-state index in [1.807, 2.05) is 13.8 Å². The lowest BCUT2D eigenvalue weighted by Gasteiger charge is -2.13. The fraction of sp³-hybridized carbons (Fsp3) is 0.364. The minimum absolute atomic E-state index is 0.0110. The normalized spacial score (nSPS) is 12.0. The van der Waals surface area contributed by atoms with E-state index in [1.165, 1.54) is 12.1 Å². The number of hydrogen-bond donors (Lipinski definition) is 2. The largest absolute Gasteiger partial charge is 0.491 e. The number of pyridine rings is 1. The van der Waals surface area contributed by atoms with Crippen molar-refractivity contribution < 1.29 is 14.3 Å². The van der Waals surface area contributed by atoms with Gasteiger partial charge < -0.3 is 4.74 Å². The lowest BCUT2D eigenvalue weighted by atomic mass is 10.2. The molecule has 0 radical (unpaired) electrons. The van der Waals surface area contributed by atoms with Crippen LogP contribution in [0, 0.1) is 0 Å². The van der Waals surface area contributed by atoms with E-state index in [4.69, 9.17) is 4.74 Å². The molecule has 0 spiro atoms. The van der Waals surface area contributed by atoms with Crippen LogP contribution in [0.5, 0.6) is 5.75 Å². The first-order chi connectivity index (χ1) is 7.93. The van der Waals surface area contributed by atoms with E-state index in [-0.39, 0.29) is 17.5 Å². The van der Waals surface area contributed by atoms with Gasteiger partial charge in [-0.15, -0.1) is 0 Å². The second-order valence-corrected chi connectivity index (χ2v) is 4.33. The highest BCUT2D eigenvalue weighted by atomic mass is 32.1. The Morgan fingerprint density at radius 2 is 1.76 bits per heavy atom. The molecule has 0 saturated heterocycles. The summed E-state index contributed by atoms with van der Waals surface area (Å²) in [5.41, 5.74) is 0.151. The number of nitrogens with zero attached hydrogens (tertiary/aromatic N) is 1. The van der Waals surface area contributed by atoms with Crippen LogP contribution in [0.15, 0.2) is 12.1 Å². The summed E-state index contributed by atoms with van der Waals surface area (Å²) in [7, 11) is 0. The summed E-state index contributed by atoms with van der Waals surface area (Å²) in [5.74, 6) is 0.421. The second kappa shape index (κ2) is 6.07. The van der Waals surface area contributed by atoms with Gasteiger partial charge in [-0.05, 0) is 13.3 Å². The van der Waals surface area contributed by atoms with Gasteiger partial charge in [0.1, 0.15) is 17.1 Å². The summed E-state index contributed by atoms with van der Waals surface area (Å²) in [6.07, 6.45) is 0.805. The Kier molecular flexibility index (Phi) is 5.02. The Hall–Kier alpha value is -1.01. The quantitative estimate of drug-likeness (QED) is 0.807. The Morgan fingerprint density at radius 3 is 2.12 bits per heavy atom. The van der Waals surface area contributed by atoms with Gasteiger partial charge in [0.2, 0.25) is 10.2 Å². The highest BCUT2D eigenvalue weighted by Crippen LogP contribution is 2.18. The third-order valence-corrected chi connectivity index (χ3v) is 2.61. The molecule has 1 aromatic heterocycles. The average Bonchev–Trinajstić information content (AvgIpc) is 2.28. The number of ether oxygens (including phenoxy) is 1. The van der Waals surface area contributed by atoms with Crippen LogP contribution in [0.2, 0.25) is 0 Å². The van der Waals surface area contributed by atoms with Crippen molar-refractivity contribution in [3.63, 3.8) is 0 Å². The molecule has 6 heteroatoms. The van der Waals surface area contributed by atoms with E-state index in [2.05, 4.69) is 30.2 Å². The van der Waals surface area contributed by atoms with Gasteiger partial charge >= 0.3 is 0 Å². The highest BCUT2D eigenvalue weighted by Gasteiger charge is 2.12. The number of thiol groups is 2. The zero-order valence-corrected chi connectivity index (χ0v) is 11.3. The molecule has 0 bridgehead atoms. The molecule has 1 aromatic rings. The first kappa shape index (κ1) is 14.1. The van der Waals surface area contributed by atoms with Crippen LogP contribution in [0.3, 0.4) is 0 Å². The predicted octanol–water partition coefficient (Wildman–Crippen LogP) is 2.40. The minimum Gasteiger partial charge on any atom is -0.491 e. The first-order valence-corrected chi connectivity index (χ1v) is 5.98. The van der Waals surface area contributed by atoms with Crippen LogP contribution >= 0.6 is 25.3 Å². The van der Waals surface area contributed by atoms with E-state index in [1.54, 1.807) is 0 Å². The van der Waals surface area contributed by atoms with Crippen LogP contribution in [-0.4, -0.2) is 21.3 Å². The molecule has 0 aliphatic heterocycles. The third-order valence-electron chi connectivity index (χ3n) is 2.15. The van der Waals surface area contributed by atoms with Crippen LogP contribution in [0.4, 0.5) is 0 Å². The standard InChI is InChI=1S/C11H13NO3S2/c1-3-6(2)15-7-4-8(10(13)16)12-9(5-7)11(14)17/h4-6H,3H2,1-2H3,(H,13,16)(H,14,17)/t6-/m0/s1. The Morgan fingerprint density at radius 1 is 1.29 bits per heavy atom. The zero-order valence-electron chi connectivity index (χ0n) is 9.51. The van der Waals surface area contributed by atoms with Gasteiger partial charge in [-0.3, -0.25) is 9.59 Å². The monoisotopic (exact) mass is 271 g/mol. The van der Waals surface area contributed by atoms with Gasteiger partial charge in [0.25, 0.3) is 0 Å². The minimum atomic E-state index is -0.518. The number of hydrogen-bond acceptors (Lipinski definition) is 4. The van der Waals surface area contributed by atoms with E-state index in [0.29, 0.717) is 5.75 Å². The summed E-state index contributed by atoms with van der Waals surface area (Å²) in [6, 6.07) is 2.92. The molecule has 0 aromatic carbocycles. The molecule has 1 rings (SSSR count). The molecule has 0 amide bonds.